The molecule has 1 saturated heterocycles. The van der Waals surface area contributed by atoms with Crippen molar-refractivity contribution in [2.75, 3.05) is 23.9 Å². The van der Waals surface area contributed by atoms with Gasteiger partial charge in [-0.15, -0.1) is 0 Å². The topological polar surface area (TPSA) is 75.7 Å². The summed E-state index contributed by atoms with van der Waals surface area (Å²) in [4.78, 5) is 35.9. The van der Waals surface area contributed by atoms with Crippen LogP contribution < -0.4 is 10.2 Å². The number of nitrogens with one attached hydrogen (secondary N) is 1. The zero-order valence-corrected chi connectivity index (χ0v) is 11.4. The van der Waals surface area contributed by atoms with E-state index in [1.54, 1.807) is 29.2 Å². The number of carbonyl (C=O) groups excluding carboxylic acids is 3. The molecule has 2 rings (SSSR count). The first-order chi connectivity index (χ1) is 9.51. The molecule has 0 bridgehead atoms. The van der Waals surface area contributed by atoms with Crippen LogP contribution in [0, 0.1) is 5.92 Å². The molecule has 0 aromatic heterocycles. The summed E-state index contributed by atoms with van der Waals surface area (Å²) < 4.78 is 4.66. The molecule has 2 amide bonds. The number of rotatable bonds is 3. The SMILES string of the molecule is COC(=O)[C@H]1CC(=O)N(c2ccc(NC(C)=O)cc2)C1. The van der Waals surface area contributed by atoms with E-state index in [1.807, 2.05) is 0 Å². The van der Waals surface area contributed by atoms with Gasteiger partial charge in [0.2, 0.25) is 11.8 Å². The second-order valence-corrected chi connectivity index (χ2v) is 4.66. The standard InChI is InChI=1S/C14H16N2O4/c1-9(17)15-11-3-5-12(6-4-11)16-8-10(7-13(16)18)14(19)20-2/h3-6,10H,7-8H2,1-2H3,(H,15,17)/t10-/m0/s1. The lowest BCUT2D eigenvalue weighted by Gasteiger charge is -2.16. The normalized spacial score (nSPS) is 18.0. The maximum absolute atomic E-state index is 11.9. The average Bonchev–Trinajstić information content (AvgIpc) is 2.80. The van der Waals surface area contributed by atoms with E-state index < -0.39 is 5.92 Å². The lowest BCUT2D eigenvalue weighted by molar-refractivity contribution is -0.145. The van der Waals surface area contributed by atoms with Gasteiger partial charge in [0.05, 0.1) is 13.0 Å². The van der Waals surface area contributed by atoms with E-state index in [1.165, 1.54) is 14.0 Å². The number of carbonyl (C=O) groups is 3. The minimum atomic E-state index is -0.414. The Hall–Kier alpha value is -2.37. The van der Waals surface area contributed by atoms with Gasteiger partial charge < -0.3 is 15.0 Å². The Labute approximate surface area is 116 Å². The molecule has 0 saturated carbocycles. The lowest BCUT2D eigenvalue weighted by Crippen LogP contribution is -2.26. The van der Waals surface area contributed by atoms with Crippen molar-refractivity contribution in [2.24, 2.45) is 5.92 Å². The molecule has 1 aromatic carbocycles. The fourth-order valence-electron chi connectivity index (χ4n) is 2.21. The van der Waals surface area contributed by atoms with Crippen molar-refractivity contribution >= 4 is 29.2 Å². The van der Waals surface area contributed by atoms with E-state index in [0.29, 0.717) is 17.9 Å². The number of ether oxygens (including phenoxy) is 1. The summed E-state index contributed by atoms with van der Waals surface area (Å²) in [5, 5.41) is 2.65. The molecule has 1 atom stereocenters. The molecule has 20 heavy (non-hydrogen) atoms. The van der Waals surface area contributed by atoms with E-state index in [9.17, 15) is 14.4 Å². The first-order valence-corrected chi connectivity index (χ1v) is 6.27. The van der Waals surface area contributed by atoms with Crippen LogP contribution in [0.2, 0.25) is 0 Å². The highest BCUT2D eigenvalue weighted by Crippen LogP contribution is 2.26. The average molecular weight is 276 g/mol. The van der Waals surface area contributed by atoms with Crippen molar-refractivity contribution in [2.45, 2.75) is 13.3 Å². The number of amides is 2. The van der Waals surface area contributed by atoms with Gasteiger partial charge in [0.15, 0.2) is 0 Å². The zero-order chi connectivity index (χ0) is 14.7. The summed E-state index contributed by atoms with van der Waals surface area (Å²) in [7, 11) is 1.32. The van der Waals surface area contributed by atoms with Gasteiger partial charge in [0, 0.05) is 31.3 Å². The Balaban J connectivity index is 2.10. The van der Waals surface area contributed by atoms with Crippen LogP contribution in [-0.4, -0.2) is 31.4 Å². The van der Waals surface area contributed by atoms with Gasteiger partial charge in [-0.1, -0.05) is 0 Å². The van der Waals surface area contributed by atoms with Crippen molar-refractivity contribution in [3.63, 3.8) is 0 Å². The number of hydrogen-bond donors (Lipinski definition) is 1. The molecule has 106 valence electrons. The van der Waals surface area contributed by atoms with Crippen LogP contribution in [0.3, 0.4) is 0 Å². The largest absolute Gasteiger partial charge is 0.469 e. The molecule has 1 heterocycles. The van der Waals surface area contributed by atoms with E-state index in [0.717, 1.165) is 0 Å². The number of hydrogen-bond acceptors (Lipinski definition) is 4. The summed E-state index contributed by atoms with van der Waals surface area (Å²) in [6, 6.07) is 6.91. The van der Waals surface area contributed by atoms with Crippen LogP contribution in [-0.2, 0) is 19.1 Å². The number of anilines is 2. The first kappa shape index (κ1) is 14.0. The maximum Gasteiger partial charge on any atom is 0.311 e. The molecule has 0 radical (unpaired) electrons. The van der Waals surface area contributed by atoms with Crippen LogP contribution in [0.4, 0.5) is 11.4 Å². The third-order valence-electron chi connectivity index (χ3n) is 3.16. The van der Waals surface area contributed by atoms with E-state index >= 15 is 0 Å². The van der Waals surface area contributed by atoms with Crippen molar-refractivity contribution in [3.8, 4) is 0 Å². The van der Waals surface area contributed by atoms with Crippen molar-refractivity contribution in [3.05, 3.63) is 24.3 Å². The second kappa shape index (κ2) is 5.73. The molecule has 0 aliphatic carbocycles. The summed E-state index contributed by atoms with van der Waals surface area (Å²) in [6.07, 6.45) is 0.167. The van der Waals surface area contributed by atoms with Crippen molar-refractivity contribution in [1.82, 2.24) is 0 Å². The molecule has 6 heteroatoms. The Morgan fingerprint density at radius 1 is 1.30 bits per heavy atom. The van der Waals surface area contributed by atoms with E-state index in [4.69, 9.17) is 0 Å². The number of methoxy groups -OCH3 is 1. The summed E-state index contributed by atoms with van der Waals surface area (Å²) in [5.74, 6) is -1.04. The monoisotopic (exact) mass is 276 g/mol. The first-order valence-electron chi connectivity index (χ1n) is 6.27. The summed E-state index contributed by atoms with van der Waals surface area (Å²) >= 11 is 0. The third-order valence-corrected chi connectivity index (χ3v) is 3.16. The highest BCUT2D eigenvalue weighted by atomic mass is 16.5. The molecule has 6 nitrogen and oxygen atoms in total. The molecule has 1 N–H and O–H groups in total. The minimum Gasteiger partial charge on any atom is -0.469 e. The molecule has 1 aromatic rings. The van der Waals surface area contributed by atoms with Gasteiger partial charge in [0.25, 0.3) is 0 Å². The Bertz CT molecular complexity index is 539. The second-order valence-electron chi connectivity index (χ2n) is 4.66. The maximum atomic E-state index is 11.9. The predicted octanol–water partition coefficient (Wildman–Crippen LogP) is 1.17. The summed E-state index contributed by atoms with van der Waals surface area (Å²) in [5.41, 5.74) is 1.37. The molecule has 1 aliphatic heterocycles. The van der Waals surface area contributed by atoms with Crippen LogP contribution in [0.15, 0.2) is 24.3 Å². The summed E-state index contributed by atoms with van der Waals surface area (Å²) in [6.45, 7) is 1.75. The Morgan fingerprint density at radius 3 is 2.50 bits per heavy atom. The lowest BCUT2D eigenvalue weighted by atomic mass is 10.1. The number of nitrogens with zero attached hydrogens (tertiary/aromatic N) is 1. The third kappa shape index (κ3) is 2.96. The van der Waals surface area contributed by atoms with Gasteiger partial charge >= 0.3 is 5.97 Å². The van der Waals surface area contributed by atoms with Crippen LogP contribution >= 0.6 is 0 Å². The van der Waals surface area contributed by atoms with Crippen LogP contribution in [0.5, 0.6) is 0 Å². The van der Waals surface area contributed by atoms with Crippen LogP contribution in [0.25, 0.3) is 0 Å². The van der Waals surface area contributed by atoms with Gasteiger partial charge in [0.1, 0.15) is 0 Å². The van der Waals surface area contributed by atoms with Gasteiger partial charge in [-0.2, -0.15) is 0 Å². The molecule has 0 spiro atoms. The number of esters is 1. The van der Waals surface area contributed by atoms with E-state index in [2.05, 4.69) is 10.1 Å². The van der Waals surface area contributed by atoms with E-state index in [-0.39, 0.29) is 24.2 Å². The zero-order valence-electron chi connectivity index (χ0n) is 11.4. The molecule has 0 unspecified atom stereocenters. The number of benzene rings is 1. The highest BCUT2D eigenvalue weighted by Gasteiger charge is 2.35. The molecule has 1 fully saturated rings. The van der Waals surface area contributed by atoms with Crippen LogP contribution in [0.1, 0.15) is 13.3 Å². The van der Waals surface area contributed by atoms with Gasteiger partial charge in [-0.25, -0.2) is 0 Å². The molecule has 1 aliphatic rings. The quantitative estimate of drug-likeness (QED) is 0.841. The van der Waals surface area contributed by atoms with Gasteiger partial charge in [-0.3, -0.25) is 14.4 Å². The Kier molecular flexibility index (Phi) is 4.02. The van der Waals surface area contributed by atoms with Crippen molar-refractivity contribution in [1.29, 1.82) is 0 Å². The molecular weight excluding hydrogens is 260 g/mol. The molecular formula is C14H16N2O4. The van der Waals surface area contributed by atoms with Crippen molar-refractivity contribution < 1.29 is 19.1 Å². The predicted molar refractivity (Wildman–Crippen MR) is 73.2 cm³/mol. The fraction of sp³-hybridized carbons (Fsp3) is 0.357. The fourth-order valence-corrected chi connectivity index (χ4v) is 2.21. The Morgan fingerprint density at radius 2 is 1.95 bits per heavy atom. The minimum absolute atomic E-state index is 0.104. The smallest absolute Gasteiger partial charge is 0.311 e. The van der Waals surface area contributed by atoms with Gasteiger partial charge in [-0.05, 0) is 24.3 Å². The highest BCUT2D eigenvalue weighted by molar-refractivity contribution is 5.99.